The van der Waals surface area contributed by atoms with Crippen LogP contribution in [0.3, 0.4) is 0 Å². The van der Waals surface area contributed by atoms with E-state index < -0.39 is 12.1 Å². The molecule has 5 heteroatoms. The van der Waals surface area contributed by atoms with Crippen LogP contribution in [-0.2, 0) is 14.3 Å². The first-order chi connectivity index (χ1) is 8.29. The Hall–Kier alpha value is -1.10. The van der Waals surface area contributed by atoms with Crippen LogP contribution in [0, 0.1) is 5.41 Å². The number of nitrogens with one attached hydrogen (secondary N) is 1. The Labute approximate surface area is 109 Å². The lowest BCUT2D eigenvalue weighted by atomic mass is 9.83. The zero-order valence-electron chi connectivity index (χ0n) is 11.9. The third kappa shape index (κ3) is 3.22. The van der Waals surface area contributed by atoms with E-state index in [1.54, 1.807) is 11.8 Å². The van der Waals surface area contributed by atoms with Gasteiger partial charge in [-0.2, -0.15) is 0 Å². The van der Waals surface area contributed by atoms with E-state index in [2.05, 4.69) is 5.32 Å². The molecule has 5 nitrogen and oxygen atoms in total. The molecule has 0 aromatic carbocycles. The average molecular weight is 256 g/mol. The van der Waals surface area contributed by atoms with Gasteiger partial charge in [-0.3, -0.25) is 9.59 Å². The molecule has 18 heavy (non-hydrogen) atoms. The molecule has 1 saturated heterocycles. The van der Waals surface area contributed by atoms with Gasteiger partial charge in [0, 0.05) is 13.2 Å². The highest BCUT2D eigenvalue weighted by Crippen LogP contribution is 2.27. The van der Waals surface area contributed by atoms with Crippen molar-refractivity contribution in [1.82, 2.24) is 10.2 Å². The zero-order chi connectivity index (χ0) is 13.9. The molecule has 0 aromatic rings. The van der Waals surface area contributed by atoms with E-state index in [4.69, 9.17) is 4.74 Å². The minimum absolute atomic E-state index is 0.0331. The van der Waals surface area contributed by atoms with Crippen LogP contribution in [0.4, 0.5) is 0 Å². The molecule has 2 unspecified atom stereocenters. The van der Waals surface area contributed by atoms with Crippen molar-refractivity contribution in [2.75, 3.05) is 19.8 Å². The second-order valence-corrected chi connectivity index (χ2v) is 5.73. The van der Waals surface area contributed by atoms with Crippen LogP contribution in [0.15, 0.2) is 0 Å². The number of carbonyl (C=O) groups excluding carboxylic acids is 2. The summed E-state index contributed by atoms with van der Waals surface area (Å²) < 4.78 is 5.29. The summed E-state index contributed by atoms with van der Waals surface area (Å²) in [6, 6.07) is -0.876. The summed E-state index contributed by atoms with van der Waals surface area (Å²) in [5, 5.41) is 2.74. The van der Waals surface area contributed by atoms with Gasteiger partial charge in [-0.1, -0.05) is 20.8 Å². The summed E-state index contributed by atoms with van der Waals surface area (Å²) in [7, 11) is 0. The molecule has 0 aliphatic carbocycles. The number of hydrogen-bond acceptors (Lipinski definition) is 3. The highest BCUT2D eigenvalue weighted by molar-refractivity contribution is 5.97. The number of ether oxygens (including phenoxy) is 1. The van der Waals surface area contributed by atoms with Crippen molar-refractivity contribution in [2.24, 2.45) is 5.41 Å². The Morgan fingerprint density at radius 2 is 1.94 bits per heavy atom. The van der Waals surface area contributed by atoms with Crippen LogP contribution in [0.25, 0.3) is 0 Å². The number of nitrogens with zero attached hydrogens (tertiary/aromatic N) is 1. The quantitative estimate of drug-likeness (QED) is 0.756. The Kier molecular flexibility index (Phi) is 4.73. The molecule has 0 aromatic heterocycles. The monoisotopic (exact) mass is 256 g/mol. The summed E-state index contributed by atoms with van der Waals surface area (Å²) >= 11 is 0. The van der Waals surface area contributed by atoms with E-state index in [0.717, 1.165) is 0 Å². The second-order valence-electron chi connectivity index (χ2n) is 5.73. The molecule has 1 N–H and O–H groups in total. The molecule has 2 amide bonds. The van der Waals surface area contributed by atoms with Gasteiger partial charge < -0.3 is 15.0 Å². The largest absolute Gasteiger partial charge is 0.380 e. The van der Waals surface area contributed by atoms with Crippen LogP contribution in [0.5, 0.6) is 0 Å². The SMILES string of the molecule is CCOCCN1C(=O)C(C)NC(=O)C1C(C)(C)C. The number of rotatable bonds is 4. The van der Waals surface area contributed by atoms with E-state index in [1.807, 2.05) is 27.7 Å². The molecular weight excluding hydrogens is 232 g/mol. The smallest absolute Gasteiger partial charge is 0.245 e. The van der Waals surface area contributed by atoms with Crippen LogP contribution >= 0.6 is 0 Å². The minimum atomic E-state index is -0.447. The Morgan fingerprint density at radius 1 is 1.33 bits per heavy atom. The molecular formula is C13H24N2O3. The Bertz CT molecular complexity index is 323. The summed E-state index contributed by atoms with van der Waals surface area (Å²) in [6.45, 7) is 11.1. The van der Waals surface area contributed by atoms with Crippen molar-refractivity contribution in [1.29, 1.82) is 0 Å². The van der Waals surface area contributed by atoms with Crippen LogP contribution in [0.2, 0.25) is 0 Å². The molecule has 1 heterocycles. The van der Waals surface area contributed by atoms with Crippen LogP contribution in [-0.4, -0.2) is 48.6 Å². The predicted molar refractivity (Wildman–Crippen MR) is 69.1 cm³/mol. The molecule has 1 fully saturated rings. The number of piperazine rings is 1. The molecule has 2 atom stereocenters. The molecule has 1 rings (SSSR count). The van der Waals surface area contributed by atoms with E-state index >= 15 is 0 Å². The summed E-state index contributed by atoms with van der Waals surface area (Å²) in [4.78, 5) is 25.9. The first-order valence-corrected chi connectivity index (χ1v) is 6.47. The van der Waals surface area contributed by atoms with Crippen molar-refractivity contribution in [2.45, 2.75) is 46.7 Å². The molecule has 0 bridgehead atoms. The van der Waals surface area contributed by atoms with Crippen molar-refractivity contribution in [3.05, 3.63) is 0 Å². The normalized spacial score (nSPS) is 25.3. The fraction of sp³-hybridized carbons (Fsp3) is 0.846. The van der Waals surface area contributed by atoms with Crippen LogP contribution in [0.1, 0.15) is 34.6 Å². The predicted octanol–water partition coefficient (Wildman–Crippen LogP) is 0.784. The van der Waals surface area contributed by atoms with Crippen LogP contribution < -0.4 is 5.32 Å². The third-order valence-electron chi connectivity index (χ3n) is 3.07. The highest BCUT2D eigenvalue weighted by atomic mass is 16.5. The maximum Gasteiger partial charge on any atom is 0.245 e. The van der Waals surface area contributed by atoms with Gasteiger partial charge >= 0.3 is 0 Å². The van der Waals surface area contributed by atoms with Gasteiger partial charge in [0.05, 0.1) is 6.61 Å². The highest BCUT2D eigenvalue weighted by Gasteiger charge is 2.44. The Balaban J connectivity index is 2.87. The minimum Gasteiger partial charge on any atom is -0.380 e. The van der Waals surface area contributed by atoms with E-state index in [1.165, 1.54) is 0 Å². The molecule has 1 aliphatic heterocycles. The van der Waals surface area contributed by atoms with E-state index in [-0.39, 0.29) is 17.2 Å². The number of amides is 2. The summed E-state index contributed by atoms with van der Waals surface area (Å²) in [5.74, 6) is -0.111. The van der Waals surface area contributed by atoms with Gasteiger partial charge in [0.1, 0.15) is 12.1 Å². The maximum absolute atomic E-state index is 12.2. The molecule has 0 radical (unpaired) electrons. The lowest BCUT2D eigenvalue weighted by molar-refractivity contribution is -0.154. The van der Waals surface area contributed by atoms with E-state index in [0.29, 0.717) is 19.8 Å². The molecule has 0 spiro atoms. The van der Waals surface area contributed by atoms with Gasteiger partial charge in [-0.15, -0.1) is 0 Å². The average Bonchev–Trinajstić information content (AvgIpc) is 2.23. The summed E-state index contributed by atoms with van der Waals surface area (Å²) in [5.41, 5.74) is -0.286. The van der Waals surface area contributed by atoms with Gasteiger partial charge in [0.2, 0.25) is 11.8 Å². The topological polar surface area (TPSA) is 58.6 Å². The Morgan fingerprint density at radius 3 is 2.44 bits per heavy atom. The fourth-order valence-corrected chi connectivity index (χ4v) is 2.28. The summed E-state index contributed by atoms with van der Waals surface area (Å²) in [6.07, 6.45) is 0. The first-order valence-electron chi connectivity index (χ1n) is 6.47. The first kappa shape index (κ1) is 15.0. The number of carbonyl (C=O) groups is 2. The third-order valence-corrected chi connectivity index (χ3v) is 3.07. The molecule has 0 saturated carbocycles. The zero-order valence-corrected chi connectivity index (χ0v) is 11.9. The molecule has 104 valence electrons. The van der Waals surface area contributed by atoms with Crippen molar-refractivity contribution >= 4 is 11.8 Å². The lowest BCUT2D eigenvalue weighted by Gasteiger charge is -2.44. The lowest BCUT2D eigenvalue weighted by Crippen LogP contribution is -2.66. The van der Waals surface area contributed by atoms with Gasteiger partial charge in [-0.05, 0) is 19.3 Å². The van der Waals surface area contributed by atoms with Crippen molar-refractivity contribution in [3.63, 3.8) is 0 Å². The molecule has 1 aliphatic rings. The van der Waals surface area contributed by atoms with Crippen molar-refractivity contribution < 1.29 is 14.3 Å². The van der Waals surface area contributed by atoms with Gasteiger partial charge in [-0.25, -0.2) is 0 Å². The second kappa shape index (κ2) is 5.69. The maximum atomic E-state index is 12.2. The number of hydrogen-bond donors (Lipinski definition) is 1. The van der Waals surface area contributed by atoms with Crippen molar-refractivity contribution in [3.8, 4) is 0 Å². The van der Waals surface area contributed by atoms with Gasteiger partial charge in [0.15, 0.2) is 0 Å². The fourth-order valence-electron chi connectivity index (χ4n) is 2.28. The van der Waals surface area contributed by atoms with Gasteiger partial charge in [0.25, 0.3) is 0 Å². The standard InChI is InChI=1S/C13H24N2O3/c1-6-18-8-7-15-10(13(3,4)5)11(16)14-9(2)12(15)17/h9-10H,6-8H2,1-5H3,(H,14,16). The van der Waals surface area contributed by atoms with E-state index in [9.17, 15) is 9.59 Å².